The van der Waals surface area contributed by atoms with Gasteiger partial charge in [0.2, 0.25) is 0 Å². The van der Waals surface area contributed by atoms with Gasteiger partial charge >= 0.3 is 5.63 Å². The Hall–Kier alpha value is -2.54. The van der Waals surface area contributed by atoms with E-state index in [1.165, 1.54) is 6.08 Å². The molecule has 0 fully saturated rings. The van der Waals surface area contributed by atoms with Crippen molar-refractivity contribution >= 4 is 17.0 Å². The van der Waals surface area contributed by atoms with Gasteiger partial charge in [-0.3, -0.25) is 0 Å². The molecule has 1 aromatic carbocycles. The van der Waals surface area contributed by atoms with E-state index < -0.39 is 5.63 Å². The molecule has 4 nitrogen and oxygen atoms in total. The fourth-order valence-electron chi connectivity index (χ4n) is 1.53. The first-order chi connectivity index (χ1) is 7.77. The van der Waals surface area contributed by atoms with Gasteiger partial charge in [0.1, 0.15) is 17.2 Å². The lowest BCUT2D eigenvalue weighted by molar-refractivity contribution is 0.478. The largest absolute Gasteiger partial charge is 0.516 e. The SMILES string of the molecule is N#Cc1c(/C=C/O)c2ccccc2oc1=O. The molecule has 0 aliphatic heterocycles. The number of nitrogens with zero attached hydrogens (tertiary/aromatic N) is 1. The van der Waals surface area contributed by atoms with Gasteiger partial charge in [-0.15, -0.1) is 0 Å². The molecule has 78 valence electrons. The second kappa shape index (κ2) is 3.91. The molecule has 1 N–H and O–H groups in total. The van der Waals surface area contributed by atoms with Crippen molar-refractivity contribution in [1.82, 2.24) is 0 Å². The summed E-state index contributed by atoms with van der Waals surface area (Å²) in [5, 5.41) is 18.2. The molecule has 0 amide bonds. The van der Waals surface area contributed by atoms with Gasteiger partial charge in [0.05, 0.1) is 6.26 Å². The van der Waals surface area contributed by atoms with Gasteiger partial charge in [0.15, 0.2) is 0 Å². The molecule has 0 unspecified atom stereocenters. The first kappa shape index (κ1) is 9.99. The topological polar surface area (TPSA) is 74.2 Å². The van der Waals surface area contributed by atoms with Gasteiger partial charge in [0, 0.05) is 10.9 Å². The smallest absolute Gasteiger partial charge is 0.354 e. The predicted molar refractivity (Wildman–Crippen MR) is 58.9 cm³/mol. The molecule has 1 heterocycles. The van der Waals surface area contributed by atoms with Crippen molar-refractivity contribution in [1.29, 1.82) is 5.26 Å². The summed E-state index contributed by atoms with van der Waals surface area (Å²) in [5.74, 6) is 0. The molecule has 4 heteroatoms. The number of rotatable bonds is 1. The molecular formula is C12H7NO3. The second-order valence-electron chi connectivity index (χ2n) is 3.10. The van der Waals surface area contributed by atoms with E-state index >= 15 is 0 Å². The Morgan fingerprint density at radius 2 is 2.12 bits per heavy atom. The third-order valence-electron chi connectivity index (χ3n) is 2.21. The van der Waals surface area contributed by atoms with Crippen LogP contribution in [-0.4, -0.2) is 5.11 Å². The number of aliphatic hydroxyl groups excluding tert-OH is 1. The molecule has 2 rings (SSSR count). The number of benzene rings is 1. The highest BCUT2D eigenvalue weighted by molar-refractivity contribution is 5.88. The number of fused-ring (bicyclic) bond motifs is 1. The Balaban J connectivity index is 3.00. The van der Waals surface area contributed by atoms with Crippen LogP contribution in [0.4, 0.5) is 0 Å². The predicted octanol–water partition coefficient (Wildman–Crippen LogP) is 2.19. The van der Waals surface area contributed by atoms with E-state index in [1.54, 1.807) is 30.3 Å². The van der Waals surface area contributed by atoms with Crippen LogP contribution < -0.4 is 5.63 Å². The van der Waals surface area contributed by atoms with Crippen LogP contribution in [0.3, 0.4) is 0 Å². The Kier molecular flexibility index (Phi) is 2.44. The standard InChI is InChI=1S/C12H7NO3/c13-7-10-8(5-6-14)9-3-1-2-4-11(9)16-12(10)15/h1-6,14H/b6-5+. The maximum atomic E-state index is 11.5. The first-order valence-electron chi connectivity index (χ1n) is 4.54. The highest BCUT2D eigenvalue weighted by Crippen LogP contribution is 2.20. The Bertz CT molecular complexity index is 662. The van der Waals surface area contributed by atoms with Crippen LogP contribution in [0.2, 0.25) is 0 Å². The third kappa shape index (κ3) is 1.44. The molecule has 0 atom stereocenters. The summed E-state index contributed by atoms with van der Waals surface area (Å²) in [7, 11) is 0. The lowest BCUT2D eigenvalue weighted by Gasteiger charge is -2.01. The van der Waals surface area contributed by atoms with E-state index in [4.69, 9.17) is 14.8 Å². The van der Waals surface area contributed by atoms with Crippen LogP contribution in [0.5, 0.6) is 0 Å². The van der Waals surface area contributed by atoms with Crippen molar-refractivity contribution in [3.8, 4) is 6.07 Å². The summed E-state index contributed by atoms with van der Waals surface area (Å²) >= 11 is 0. The molecule has 0 aliphatic rings. The Morgan fingerprint density at radius 1 is 1.38 bits per heavy atom. The summed E-state index contributed by atoms with van der Waals surface area (Å²) in [6, 6.07) is 8.61. The highest BCUT2D eigenvalue weighted by Gasteiger charge is 2.11. The summed E-state index contributed by atoms with van der Waals surface area (Å²) in [6.45, 7) is 0. The van der Waals surface area contributed by atoms with Crippen molar-refractivity contribution in [3.05, 3.63) is 52.1 Å². The molecule has 0 saturated carbocycles. The van der Waals surface area contributed by atoms with Crippen LogP contribution in [0.15, 0.2) is 39.7 Å². The first-order valence-corrected chi connectivity index (χ1v) is 4.54. The number of para-hydroxylation sites is 1. The van der Waals surface area contributed by atoms with Crippen LogP contribution >= 0.6 is 0 Å². The minimum atomic E-state index is -0.700. The fraction of sp³-hybridized carbons (Fsp3) is 0. The Morgan fingerprint density at radius 3 is 2.81 bits per heavy atom. The number of hydrogen-bond acceptors (Lipinski definition) is 4. The second-order valence-corrected chi connectivity index (χ2v) is 3.10. The van der Waals surface area contributed by atoms with Gasteiger partial charge < -0.3 is 9.52 Å². The number of aliphatic hydroxyl groups is 1. The summed E-state index contributed by atoms with van der Waals surface area (Å²) in [5.41, 5.74) is -0.0465. The lowest BCUT2D eigenvalue weighted by Crippen LogP contribution is -2.06. The maximum Gasteiger partial charge on any atom is 0.354 e. The summed E-state index contributed by atoms with van der Waals surface area (Å²) in [6.07, 6.45) is 2.10. The van der Waals surface area contributed by atoms with E-state index in [0.29, 0.717) is 16.5 Å². The molecule has 0 aliphatic carbocycles. The van der Waals surface area contributed by atoms with Crippen molar-refractivity contribution in [2.75, 3.05) is 0 Å². The van der Waals surface area contributed by atoms with Crippen molar-refractivity contribution < 1.29 is 9.52 Å². The number of nitriles is 1. The average Bonchev–Trinajstić information content (AvgIpc) is 2.29. The van der Waals surface area contributed by atoms with Crippen LogP contribution in [0.25, 0.3) is 17.0 Å². The Labute approximate surface area is 90.7 Å². The third-order valence-corrected chi connectivity index (χ3v) is 2.21. The molecule has 0 saturated heterocycles. The zero-order valence-corrected chi connectivity index (χ0v) is 8.18. The highest BCUT2D eigenvalue weighted by atomic mass is 16.4. The summed E-state index contributed by atoms with van der Waals surface area (Å²) < 4.78 is 4.98. The quantitative estimate of drug-likeness (QED) is 0.582. The monoisotopic (exact) mass is 213 g/mol. The molecule has 2 aromatic rings. The van der Waals surface area contributed by atoms with Crippen LogP contribution in [0.1, 0.15) is 11.1 Å². The van der Waals surface area contributed by atoms with Crippen LogP contribution in [0, 0.1) is 11.3 Å². The zero-order valence-electron chi connectivity index (χ0n) is 8.18. The van der Waals surface area contributed by atoms with Gasteiger partial charge in [0.25, 0.3) is 0 Å². The van der Waals surface area contributed by atoms with Gasteiger partial charge in [-0.1, -0.05) is 18.2 Å². The molecule has 1 aromatic heterocycles. The normalized spacial score (nSPS) is 10.7. The van der Waals surface area contributed by atoms with Crippen LogP contribution in [-0.2, 0) is 0 Å². The van der Waals surface area contributed by atoms with E-state index in [0.717, 1.165) is 6.26 Å². The van der Waals surface area contributed by atoms with Crippen molar-refractivity contribution in [2.45, 2.75) is 0 Å². The molecular weight excluding hydrogens is 206 g/mol. The average molecular weight is 213 g/mol. The molecule has 0 bridgehead atoms. The van der Waals surface area contributed by atoms with Gasteiger partial charge in [-0.2, -0.15) is 5.26 Å². The summed E-state index contributed by atoms with van der Waals surface area (Å²) in [4.78, 5) is 11.5. The zero-order chi connectivity index (χ0) is 11.5. The minimum Gasteiger partial charge on any atom is -0.516 e. The van der Waals surface area contributed by atoms with Gasteiger partial charge in [-0.25, -0.2) is 4.79 Å². The number of hydrogen-bond donors (Lipinski definition) is 1. The lowest BCUT2D eigenvalue weighted by atomic mass is 10.1. The molecule has 0 spiro atoms. The minimum absolute atomic E-state index is 0.107. The van der Waals surface area contributed by atoms with Crippen molar-refractivity contribution in [3.63, 3.8) is 0 Å². The maximum absolute atomic E-state index is 11.5. The van der Waals surface area contributed by atoms with Crippen molar-refractivity contribution in [2.24, 2.45) is 0 Å². The van der Waals surface area contributed by atoms with E-state index in [9.17, 15) is 4.79 Å². The van der Waals surface area contributed by atoms with E-state index in [1.807, 2.05) is 0 Å². The molecule has 0 radical (unpaired) electrons. The van der Waals surface area contributed by atoms with Gasteiger partial charge in [-0.05, 0) is 12.1 Å². The fourth-order valence-corrected chi connectivity index (χ4v) is 1.53. The molecule has 16 heavy (non-hydrogen) atoms. The van der Waals surface area contributed by atoms with E-state index in [-0.39, 0.29) is 5.56 Å². The van der Waals surface area contributed by atoms with E-state index in [2.05, 4.69) is 0 Å².